The Morgan fingerprint density at radius 1 is 0.688 bits per heavy atom. The molecule has 0 aliphatic carbocycles. The van der Waals surface area contributed by atoms with Gasteiger partial charge in [0.2, 0.25) is 0 Å². The molecule has 0 atom stereocenters. The van der Waals surface area contributed by atoms with Crippen molar-refractivity contribution in [3.05, 3.63) is 0 Å². The molecule has 0 bridgehead atoms. The first kappa shape index (κ1) is 16.0. The molecule has 0 fully saturated rings. The van der Waals surface area contributed by atoms with Crippen LogP contribution in [0.1, 0.15) is 85.0 Å². The lowest BCUT2D eigenvalue weighted by molar-refractivity contribution is 0.423. The Balaban J connectivity index is 3.45. The number of hydrogen-bond donors (Lipinski definition) is 1. The van der Waals surface area contributed by atoms with Crippen LogP contribution in [-0.2, 0) is 0 Å². The average molecular weight is 227 g/mol. The lowest BCUT2D eigenvalue weighted by atomic mass is 10.0. The quantitative estimate of drug-likeness (QED) is 0.467. The van der Waals surface area contributed by atoms with Gasteiger partial charge in [-0.1, -0.05) is 72.1 Å². The van der Waals surface area contributed by atoms with Crippen molar-refractivity contribution in [1.82, 2.24) is 5.32 Å². The summed E-state index contributed by atoms with van der Waals surface area (Å²) in [6.07, 6.45) is 14.0. The fourth-order valence-corrected chi connectivity index (χ4v) is 2.27. The molecule has 0 saturated carbocycles. The van der Waals surface area contributed by atoms with Gasteiger partial charge in [0.1, 0.15) is 0 Å². The van der Waals surface area contributed by atoms with Crippen molar-refractivity contribution >= 4 is 0 Å². The summed E-state index contributed by atoms with van der Waals surface area (Å²) in [7, 11) is 0. The van der Waals surface area contributed by atoms with Gasteiger partial charge in [-0.3, -0.25) is 0 Å². The molecule has 0 rings (SSSR count). The van der Waals surface area contributed by atoms with Gasteiger partial charge in [-0.05, 0) is 19.4 Å². The Morgan fingerprint density at radius 2 is 1.19 bits per heavy atom. The maximum atomic E-state index is 3.64. The van der Waals surface area contributed by atoms with Gasteiger partial charge in [-0.2, -0.15) is 0 Å². The summed E-state index contributed by atoms with van der Waals surface area (Å²) in [6, 6.07) is 0.790. The third kappa shape index (κ3) is 10.5. The zero-order valence-corrected chi connectivity index (χ0v) is 11.9. The number of unbranched alkanes of at least 4 members (excludes halogenated alkanes) is 6. The number of hydrogen-bond acceptors (Lipinski definition) is 1. The SMILES string of the molecule is CCCCCCC(CCCCCC)NCC. The highest BCUT2D eigenvalue weighted by Gasteiger charge is 2.05. The summed E-state index contributed by atoms with van der Waals surface area (Å²) >= 11 is 0. The van der Waals surface area contributed by atoms with Crippen LogP contribution in [0.4, 0.5) is 0 Å². The Morgan fingerprint density at radius 3 is 1.56 bits per heavy atom. The van der Waals surface area contributed by atoms with Crippen LogP contribution in [0.15, 0.2) is 0 Å². The Labute approximate surface area is 103 Å². The topological polar surface area (TPSA) is 12.0 Å². The monoisotopic (exact) mass is 227 g/mol. The second-order valence-corrected chi connectivity index (χ2v) is 4.95. The summed E-state index contributed by atoms with van der Waals surface area (Å²) in [6.45, 7) is 7.93. The predicted octanol–water partition coefficient (Wildman–Crippen LogP) is 4.91. The van der Waals surface area contributed by atoms with Crippen LogP contribution in [0.25, 0.3) is 0 Å². The molecule has 0 aromatic heterocycles. The normalized spacial score (nSPS) is 11.2. The molecule has 0 aliphatic heterocycles. The molecule has 1 N–H and O–H groups in total. The fourth-order valence-electron chi connectivity index (χ4n) is 2.27. The summed E-state index contributed by atoms with van der Waals surface area (Å²) in [5.41, 5.74) is 0. The molecule has 0 saturated heterocycles. The zero-order chi connectivity index (χ0) is 12.1. The minimum absolute atomic E-state index is 0.790. The van der Waals surface area contributed by atoms with Gasteiger partial charge in [0, 0.05) is 6.04 Å². The Bertz CT molecular complexity index is 111. The van der Waals surface area contributed by atoms with Crippen molar-refractivity contribution in [3.63, 3.8) is 0 Å². The van der Waals surface area contributed by atoms with Crippen molar-refractivity contribution in [2.45, 2.75) is 91.0 Å². The van der Waals surface area contributed by atoms with Crippen LogP contribution >= 0.6 is 0 Å². The van der Waals surface area contributed by atoms with E-state index in [1.807, 2.05) is 0 Å². The van der Waals surface area contributed by atoms with Gasteiger partial charge in [-0.25, -0.2) is 0 Å². The second kappa shape index (κ2) is 13.0. The maximum absolute atomic E-state index is 3.64. The van der Waals surface area contributed by atoms with Gasteiger partial charge in [0.05, 0.1) is 0 Å². The largest absolute Gasteiger partial charge is 0.314 e. The van der Waals surface area contributed by atoms with Gasteiger partial charge in [-0.15, -0.1) is 0 Å². The predicted molar refractivity (Wildman–Crippen MR) is 75.0 cm³/mol. The summed E-state index contributed by atoms with van der Waals surface area (Å²) < 4.78 is 0. The van der Waals surface area contributed by atoms with Crippen molar-refractivity contribution in [2.75, 3.05) is 6.54 Å². The first-order chi connectivity index (χ1) is 7.85. The van der Waals surface area contributed by atoms with E-state index in [-0.39, 0.29) is 0 Å². The lowest BCUT2D eigenvalue weighted by Gasteiger charge is -2.17. The van der Waals surface area contributed by atoms with E-state index in [1.165, 1.54) is 64.2 Å². The van der Waals surface area contributed by atoms with E-state index in [1.54, 1.807) is 0 Å². The summed E-state index contributed by atoms with van der Waals surface area (Å²) in [4.78, 5) is 0. The van der Waals surface area contributed by atoms with Gasteiger partial charge in [0.25, 0.3) is 0 Å². The van der Waals surface area contributed by atoms with Crippen molar-refractivity contribution in [2.24, 2.45) is 0 Å². The van der Waals surface area contributed by atoms with Crippen LogP contribution < -0.4 is 5.32 Å². The molecular formula is C15H33N. The van der Waals surface area contributed by atoms with Crippen LogP contribution in [0, 0.1) is 0 Å². The minimum Gasteiger partial charge on any atom is -0.314 e. The lowest BCUT2D eigenvalue weighted by Crippen LogP contribution is -2.28. The highest BCUT2D eigenvalue weighted by Crippen LogP contribution is 2.12. The molecule has 1 nitrogen and oxygen atoms in total. The molecule has 0 radical (unpaired) electrons. The third-order valence-corrected chi connectivity index (χ3v) is 3.31. The highest BCUT2D eigenvalue weighted by molar-refractivity contribution is 4.66. The molecule has 0 amide bonds. The molecular weight excluding hydrogens is 194 g/mol. The van der Waals surface area contributed by atoms with E-state index >= 15 is 0 Å². The first-order valence-electron chi connectivity index (χ1n) is 7.58. The van der Waals surface area contributed by atoms with Crippen LogP contribution in [-0.4, -0.2) is 12.6 Å². The average Bonchev–Trinajstić information content (AvgIpc) is 2.30. The van der Waals surface area contributed by atoms with Crippen molar-refractivity contribution in [3.8, 4) is 0 Å². The zero-order valence-electron chi connectivity index (χ0n) is 11.9. The van der Waals surface area contributed by atoms with E-state index < -0.39 is 0 Å². The van der Waals surface area contributed by atoms with Crippen molar-refractivity contribution in [1.29, 1.82) is 0 Å². The molecule has 0 aromatic rings. The highest BCUT2D eigenvalue weighted by atomic mass is 14.9. The van der Waals surface area contributed by atoms with Gasteiger partial charge in [0.15, 0.2) is 0 Å². The van der Waals surface area contributed by atoms with E-state index in [4.69, 9.17) is 0 Å². The molecule has 0 spiro atoms. The molecule has 0 heterocycles. The Hall–Kier alpha value is -0.0400. The summed E-state index contributed by atoms with van der Waals surface area (Å²) in [5, 5.41) is 3.64. The molecule has 16 heavy (non-hydrogen) atoms. The molecule has 0 aromatic carbocycles. The smallest absolute Gasteiger partial charge is 0.00669 e. The fraction of sp³-hybridized carbons (Fsp3) is 1.00. The molecule has 0 aliphatic rings. The Kier molecular flexibility index (Phi) is 13.0. The summed E-state index contributed by atoms with van der Waals surface area (Å²) in [5.74, 6) is 0. The van der Waals surface area contributed by atoms with Gasteiger partial charge >= 0.3 is 0 Å². The molecule has 98 valence electrons. The standard InChI is InChI=1S/C15H33N/c1-4-7-9-11-13-15(16-6-3)14-12-10-8-5-2/h15-16H,4-14H2,1-3H3. The third-order valence-electron chi connectivity index (χ3n) is 3.31. The van der Waals surface area contributed by atoms with Crippen LogP contribution in [0.5, 0.6) is 0 Å². The minimum atomic E-state index is 0.790. The number of rotatable bonds is 12. The molecule has 1 heteroatoms. The number of nitrogens with one attached hydrogen (secondary N) is 1. The van der Waals surface area contributed by atoms with E-state index in [9.17, 15) is 0 Å². The second-order valence-electron chi connectivity index (χ2n) is 4.95. The van der Waals surface area contributed by atoms with E-state index in [2.05, 4.69) is 26.1 Å². The maximum Gasteiger partial charge on any atom is 0.00669 e. The van der Waals surface area contributed by atoms with Crippen LogP contribution in [0.3, 0.4) is 0 Å². The van der Waals surface area contributed by atoms with Crippen LogP contribution in [0.2, 0.25) is 0 Å². The van der Waals surface area contributed by atoms with E-state index in [0.717, 1.165) is 12.6 Å². The van der Waals surface area contributed by atoms with Gasteiger partial charge < -0.3 is 5.32 Å². The molecule has 0 unspecified atom stereocenters. The van der Waals surface area contributed by atoms with E-state index in [0.29, 0.717) is 0 Å². The first-order valence-corrected chi connectivity index (χ1v) is 7.58. The van der Waals surface area contributed by atoms with Crippen molar-refractivity contribution < 1.29 is 0 Å².